The first-order valence-corrected chi connectivity index (χ1v) is 7.05. The first-order valence-electron chi connectivity index (χ1n) is 6.26. The van der Waals surface area contributed by atoms with E-state index in [1.807, 2.05) is 56.3 Å². The van der Waals surface area contributed by atoms with E-state index >= 15 is 0 Å². The normalized spacial score (nSPS) is 11.4. The van der Waals surface area contributed by atoms with Gasteiger partial charge in [-0.25, -0.2) is 4.79 Å². The van der Waals surface area contributed by atoms with E-state index in [-0.39, 0.29) is 0 Å². The highest BCUT2D eigenvalue weighted by molar-refractivity contribution is 9.10. The maximum Gasteiger partial charge on any atom is 0.336 e. The maximum atomic E-state index is 11.5. The Bertz CT molecular complexity index is 687. The molecule has 1 N–H and O–H groups in total. The van der Waals surface area contributed by atoms with Crippen LogP contribution in [0, 0.1) is 13.8 Å². The number of benzene rings is 2. The number of hydrogen-bond donors (Lipinski definition) is 1. The fourth-order valence-corrected chi connectivity index (χ4v) is 2.32. The van der Waals surface area contributed by atoms with Crippen molar-refractivity contribution in [1.29, 1.82) is 0 Å². The van der Waals surface area contributed by atoms with Crippen molar-refractivity contribution in [2.75, 3.05) is 0 Å². The topological polar surface area (TPSA) is 37.3 Å². The van der Waals surface area contributed by atoms with Gasteiger partial charge < -0.3 is 5.11 Å². The molecule has 0 fully saturated rings. The maximum absolute atomic E-state index is 11.5. The predicted octanol–water partition coefficient (Wildman–Crippen LogP) is 4.69. The number of halogens is 1. The molecule has 0 aliphatic rings. The molecule has 2 rings (SSSR count). The first-order chi connectivity index (χ1) is 9.49. The van der Waals surface area contributed by atoms with Crippen molar-refractivity contribution in [3.63, 3.8) is 0 Å². The van der Waals surface area contributed by atoms with E-state index in [1.54, 1.807) is 6.08 Å². The lowest BCUT2D eigenvalue weighted by atomic mass is 9.99. The molecule has 0 aromatic heterocycles. The van der Waals surface area contributed by atoms with Crippen LogP contribution in [0.4, 0.5) is 0 Å². The monoisotopic (exact) mass is 330 g/mol. The molecule has 0 bridgehead atoms. The van der Waals surface area contributed by atoms with Gasteiger partial charge in [0.25, 0.3) is 0 Å². The fourth-order valence-electron chi connectivity index (χ4n) is 1.93. The van der Waals surface area contributed by atoms with Crippen LogP contribution in [0.5, 0.6) is 0 Å². The number of carboxylic acids is 1. The molecule has 0 unspecified atom stereocenters. The van der Waals surface area contributed by atoms with E-state index in [4.69, 9.17) is 0 Å². The third-order valence-corrected chi connectivity index (χ3v) is 3.98. The zero-order valence-electron chi connectivity index (χ0n) is 11.4. The van der Waals surface area contributed by atoms with Crippen LogP contribution in [0.2, 0.25) is 0 Å². The van der Waals surface area contributed by atoms with Gasteiger partial charge >= 0.3 is 5.97 Å². The lowest BCUT2D eigenvalue weighted by Crippen LogP contribution is -2.00. The smallest absolute Gasteiger partial charge is 0.336 e. The molecule has 0 spiro atoms. The highest BCUT2D eigenvalue weighted by Gasteiger charge is 2.12. The largest absolute Gasteiger partial charge is 0.478 e. The summed E-state index contributed by atoms with van der Waals surface area (Å²) < 4.78 is 0.877. The molecular formula is C17H15BrO2. The summed E-state index contributed by atoms with van der Waals surface area (Å²) in [6.45, 7) is 3.99. The van der Waals surface area contributed by atoms with Crippen molar-refractivity contribution in [3.05, 3.63) is 69.2 Å². The molecule has 0 amide bonds. The summed E-state index contributed by atoms with van der Waals surface area (Å²) in [5.74, 6) is -0.927. The van der Waals surface area contributed by atoms with E-state index in [0.29, 0.717) is 5.57 Å². The van der Waals surface area contributed by atoms with Crippen molar-refractivity contribution in [2.45, 2.75) is 13.8 Å². The quantitative estimate of drug-likeness (QED) is 0.654. The van der Waals surface area contributed by atoms with Crippen molar-refractivity contribution in [1.82, 2.24) is 0 Å². The molecule has 2 aromatic rings. The molecular weight excluding hydrogens is 316 g/mol. The summed E-state index contributed by atoms with van der Waals surface area (Å²) in [7, 11) is 0. The van der Waals surface area contributed by atoms with Crippen LogP contribution >= 0.6 is 15.9 Å². The van der Waals surface area contributed by atoms with Crippen LogP contribution in [0.15, 0.2) is 46.9 Å². The highest BCUT2D eigenvalue weighted by Crippen LogP contribution is 2.25. The SMILES string of the molecule is Cc1ccc(/C(=C/c2ccccc2Br)C(=O)O)cc1C. The number of rotatable bonds is 3. The minimum atomic E-state index is -0.927. The molecule has 102 valence electrons. The molecule has 20 heavy (non-hydrogen) atoms. The van der Waals surface area contributed by atoms with Crippen LogP contribution in [0.3, 0.4) is 0 Å². The molecule has 2 nitrogen and oxygen atoms in total. The van der Waals surface area contributed by atoms with E-state index in [0.717, 1.165) is 26.7 Å². The molecule has 0 saturated carbocycles. The lowest BCUT2D eigenvalue weighted by Gasteiger charge is -2.07. The molecule has 3 heteroatoms. The molecule has 0 aliphatic carbocycles. The van der Waals surface area contributed by atoms with Gasteiger partial charge in [0.15, 0.2) is 0 Å². The van der Waals surface area contributed by atoms with Crippen LogP contribution in [-0.2, 0) is 4.79 Å². The van der Waals surface area contributed by atoms with Crippen LogP contribution in [0.25, 0.3) is 11.6 Å². The van der Waals surface area contributed by atoms with Gasteiger partial charge in [-0.15, -0.1) is 0 Å². The Morgan fingerprint density at radius 1 is 1.10 bits per heavy atom. The van der Waals surface area contributed by atoms with Gasteiger partial charge in [0.2, 0.25) is 0 Å². The fraction of sp³-hybridized carbons (Fsp3) is 0.118. The number of carboxylic acid groups (broad SMARTS) is 1. The average Bonchev–Trinajstić information content (AvgIpc) is 2.41. The van der Waals surface area contributed by atoms with E-state index in [2.05, 4.69) is 15.9 Å². The van der Waals surface area contributed by atoms with Crippen molar-refractivity contribution >= 4 is 33.5 Å². The summed E-state index contributed by atoms with van der Waals surface area (Å²) >= 11 is 3.44. The van der Waals surface area contributed by atoms with Crippen LogP contribution in [-0.4, -0.2) is 11.1 Å². The van der Waals surface area contributed by atoms with Gasteiger partial charge in [-0.2, -0.15) is 0 Å². The summed E-state index contributed by atoms with van der Waals surface area (Å²) in [5.41, 5.74) is 4.10. The zero-order valence-corrected chi connectivity index (χ0v) is 12.9. The number of carbonyl (C=O) groups is 1. The lowest BCUT2D eigenvalue weighted by molar-refractivity contribution is -0.130. The van der Waals surface area contributed by atoms with Crippen LogP contribution < -0.4 is 0 Å². The summed E-state index contributed by atoms with van der Waals surface area (Å²) in [6.07, 6.45) is 1.69. The highest BCUT2D eigenvalue weighted by atomic mass is 79.9. The standard InChI is InChI=1S/C17H15BrO2/c1-11-7-8-13(9-12(11)2)15(17(19)20)10-14-5-3-4-6-16(14)18/h3-10H,1-2H3,(H,19,20)/b15-10-. The van der Waals surface area contributed by atoms with Gasteiger partial charge in [0.1, 0.15) is 0 Å². The van der Waals surface area contributed by atoms with Gasteiger partial charge in [0, 0.05) is 4.47 Å². The Hall–Kier alpha value is -1.87. The molecule has 0 saturated heterocycles. The Kier molecular flexibility index (Phi) is 4.40. The predicted molar refractivity (Wildman–Crippen MR) is 85.6 cm³/mol. The summed E-state index contributed by atoms with van der Waals surface area (Å²) in [4.78, 5) is 11.5. The summed E-state index contributed by atoms with van der Waals surface area (Å²) in [6, 6.07) is 13.3. The van der Waals surface area contributed by atoms with Crippen molar-refractivity contribution in [2.24, 2.45) is 0 Å². The van der Waals surface area contributed by atoms with Crippen LogP contribution in [0.1, 0.15) is 22.3 Å². The minimum Gasteiger partial charge on any atom is -0.478 e. The molecule has 0 atom stereocenters. The number of aryl methyl sites for hydroxylation is 2. The van der Waals surface area contributed by atoms with E-state index in [9.17, 15) is 9.90 Å². The first kappa shape index (κ1) is 14.5. The van der Waals surface area contributed by atoms with Gasteiger partial charge in [-0.1, -0.05) is 52.3 Å². The van der Waals surface area contributed by atoms with Crippen molar-refractivity contribution in [3.8, 4) is 0 Å². The van der Waals surface area contributed by atoms with Gasteiger partial charge in [-0.05, 0) is 48.2 Å². The van der Waals surface area contributed by atoms with E-state index < -0.39 is 5.97 Å². The van der Waals surface area contributed by atoms with E-state index in [1.165, 1.54) is 0 Å². The molecule has 0 radical (unpaired) electrons. The van der Waals surface area contributed by atoms with Crippen molar-refractivity contribution < 1.29 is 9.90 Å². The number of aliphatic carboxylic acids is 1. The molecule has 0 heterocycles. The number of hydrogen-bond acceptors (Lipinski definition) is 1. The summed E-state index contributed by atoms with van der Waals surface area (Å²) in [5, 5.41) is 9.46. The van der Waals surface area contributed by atoms with Gasteiger partial charge in [0.05, 0.1) is 5.57 Å². The van der Waals surface area contributed by atoms with Gasteiger partial charge in [-0.3, -0.25) is 0 Å². The zero-order chi connectivity index (χ0) is 14.7. The second-order valence-electron chi connectivity index (χ2n) is 4.68. The Labute approximate surface area is 126 Å². The minimum absolute atomic E-state index is 0.292. The Morgan fingerprint density at radius 2 is 1.80 bits per heavy atom. The third kappa shape index (κ3) is 3.17. The second kappa shape index (κ2) is 6.06. The molecule has 2 aromatic carbocycles. The second-order valence-corrected chi connectivity index (χ2v) is 5.54. The average molecular weight is 331 g/mol. The molecule has 0 aliphatic heterocycles. The third-order valence-electron chi connectivity index (χ3n) is 3.25. The Balaban J connectivity index is 2.54. The Morgan fingerprint density at radius 3 is 2.40 bits per heavy atom.